The molecule has 1 N–H and O–H groups in total. The molecule has 2 saturated heterocycles. The number of Topliss-reactive ketones (excluding diaryl/α,β-unsaturated/α-hetero) is 1. The van der Waals surface area contributed by atoms with Crippen molar-refractivity contribution < 1.29 is 29.1 Å². The molecule has 1 amide bonds. The molecular formula is C27H31N3O7. The van der Waals surface area contributed by atoms with Gasteiger partial charge in [-0.2, -0.15) is 0 Å². The summed E-state index contributed by atoms with van der Waals surface area (Å²) in [6.45, 7) is 7.66. The summed E-state index contributed by atoms with van der Waals surface area (Å²) >= 11 is 0. The van der Waals surface area contributed by atoms with Crippen molar-refractivity contribution in [1.29, 1.82) is 0 Å². The Kier molecular flexibility index (Phi) is 8.20. The Labute approximate surface area is 215 Å². The Morgan fingerprint density at radius 1 is 1.14 bits per heavy atom. The second-order valence-corrected chi connectivity index (χ2v) is 9.34. The number of non-ortho nitro benzene ring substituents is 1. The Morgan fingerprint density at radius 2 is 1.84 bits per heavy atom. The van der Waals surface area contributed by atoms with Crippen molar-refractivity contribution in [2.45, 2.75) is 32.4 Å². The fraction of sp³-hybridized carbons (Fsp3) is 0.407. The van der Waals surface area contributed by atoms with Gasteiger partial charge in [-0.3, -0.25) is 24.6 Å². The lowest BCUT2D eigenvalue weighted by atomic mass is 9.95. The van der Waals surface area contributed by atoms with Crippen molar-refractivity contribution in [3.05, 3.63) is 75.3 Å². The number of aliphatic hydroxyl groups is 1. The van der Waals surface area contributed by atoms with E-state index in [2.05, 4.69) is 4.90 Å². The van der Waals surface area contributed by atoms with E-state index in [1.54, 1.807) is 30.3 Å². The number of amides is 1. The third-order valence-electron chi connectivity index (χ3n) is 6.41. The number of aliphatic hydroxyl groups excluding tert-OH is 1. The summed E-state index contributed by atoms with van der Waals surface area (Å²) in [5.74, 6) is -1.28. The summed E-state index contributed by atoms with van der Waals surface area (Å²) in [5.41, 5.74) is 0.486. The first-order valence-electron chi connectivity index (χ1n) is 12.4. The van der Waals surface area contributed by atoms with E-state index in [0.29, 0.717) is 43.1 Å². The zero-order valence-corrected chi connectivity index (χ0v) is 21.0. The largest absolute Gasteiger partial charge is 0.507 e. The minimum absolute atomic E-state index is 0.0314. The monoisotopic (exact) mass is 509 g/mol. The zero-order valence-electron chi connectivity index (χ0n) is 21.0. The molecule has 4 rings (SSSR count). The molecule has 0 aromatic heterocycles. The van der Waals surface area contributed by atoms with Gasteiger partial charge in [-0.1, -0.05) is 12.1 Å². The molecule has 2 aliphatic heterocycles. The van der Waals surface area contributed by atoms with Gasteiger partial charge in [0, 0.05) is 43.9 Å². The van der Waals surface area contributed by atoms with Crippen LogP contribution in [0.2, 0.25) is 0 Å². The number of nitrogens with zero attached hydrogens (tertiary/aromatic N) is 3. The van der Waals surface area contributed by atoms with Gasteiger partial charge in [-0.25, -0.2) is 0 Å². The highest BCUT2D eigenvalue weighted by molar-refractivity contribution is 6.46. The fourth-order valence-corrected chi connectivity index (χ4v) is 4.67. The van der Waals surface area contributed by atoms with Crippen LogP contribution in [0.5, 0.6) is 5.75 Å². The lowest BCUT2D eigenvalue weighted by Crippen LogP contribution is -2.39. The third kappa shape index (κ3) is 5.98. The van der Waals surface area contributed by atoms with E-state index in [-0.39, 0.29) is 29.7 Å². The van der Waals surface area contributed by atoms with Gasteiger partial charge in [0.25, 0.3) is 17.4 Å². The van der Waals surface area contributed by atoms with Crippen LogP contribution < -0.4 is 4.74 Å². The van der Waals surface area contributed by atoms with Crippen LogP contribution in [-0.2, 0) is 14.3 Å². The Morgan fingerprint density at radius 3 is 2.49 bits per heavy atom. The smallest absolute Gasteiger partial charge is 0.295 e. The summed E-state index contributed by atoms with van der Waals surface area (Å²) in [4.78, 5) is 40.9. The third-order valence-corrected chi connectivity index (χ3v) is 6.41. The van der Waals surface area contributed by atoms with Crippen molar-refractivity contribution in [2.75, 3.05) is 39.4 Å². The maximum Gasteiger partial charge on any atom is 0.295 e. The number of likely N-dealkylation sites (tertiary alicyclic amines) is 1. The molecule has 0 spiro atoms. The molecule has 10 nitrogen and oxygen atoms in total. The summed E-state index contributed by atoms with van der Waals surface area (Å²) in [6.07, 6.45) is 0.566. The van der Waals surface area contributed by atoms with Gasteiger partial charge < -0.3 is 19.5 Å². The molecule has 2 aliphatic rings. The number of hydrogen-bond donors (Lipinski definition) is 1. The highest BCUT2D eigenvalue weighted by Gasteiger charge is 2.46. The van der Waals surface area contributed by atoms with Gasteiger partial charge in [-0.05, 0) is 50.1 Å². The number of morpholine rings is 1. The van der Waals surface area contributed by atoms with E-state index in [1.165, 1.54) is 23.1 Å². The molecule has 0 bridgehead atoms. The van der Waals surface area contributed by atoms with Gasteiger partial charge in [0.15, 0.2) is 0 Å². The quantitative estimate of drug-likeness (QED) is 0.179. The lowest BCUT2D eigenvalue weighted by Gasteiger charge is -2.29. The molecule has 0 aliphatic carbocycles. The second-order valence-electron chi connectivity index (χ2n) is 9.34. The highest BCUT2D eigenvalue weighted by atomic mass is 16.6. The van der Waals surface area contributed by atoms with Crippen molar-refractivity contribution in [1.82, 2.24) is 9.80 Å². The Hall–Kier alpha value is -3.76. The number of ketones is 1. The van der Waals surface area contributed by atoms with Gasteiger partial charge in [-0.15, -0.1) is 0 Å². The minimum atomic E-state index is -0.948. The molecule has 2 fully saturated rings. The molecule has 37 heavy (non-hydrogen) atoms. The van der Waals surface area contributed by atoms with Crippen LogP contribution in [0, 0.1) is 10.1 Å². The molecule has 196 valence electrons. The topological polar surface area (TPSA) is 122 Å². The minimum Gasteiger partial charge on any atom is -0.507 e. The van der Waals surface area contributed by atoms with Crippen molar-refractivity contribution in [3.8, 4) is 5.75 Å². The van der Waals surface area contributed by atoms with E-state index >= 15 is 0 Å². The molecule has 2 heterocycles. The van der Waals surface area contributed by atoms with Gasteiger partial charge in [0.05, 0.1) is 35.9 Å². The molecule has 1 atom stereocenters. The number of hydrogen-bond acceptors (Lipinski definition) is 8. The number of nitro benzene ring substituents is 1. The standard InChI is InChI=1S/C27H31N3O7/c1-18(2)37-22-9-7-19(8-10-22)25(31)23-24(20-5-3-6-21(17-20)30(34)35)29(27(33)26(23)32)12-4-11-28-13-15-36-16-14-28/h3,5-10,17-18,24,31H,4,11-16H2,1-2H3/b25-23+. The first kappa shape index (κ1) is 26.3. The average Bonchev–Trinajstić information content (AvgIpc) is 3.14. The molecule has 0 saturated carbocycles. The van der Waals surface area contributed by atoms with Crippen LogP contribution >= 0.6 is 0 Å². The number of rotatable bonds is 9. The van der Waals surface area contributed by atoms with Crippen LogP contribution in [0.25, 0.3) is 5.76 Å². The van der Waals surface area contributed by atoms with E-state index in [1.807, 2.05) is 13.8 Å². The van der Waals surface area contributed by atoms with Crippen molar-refractivity contribution in [2.24, 2.45) is 0 Å². The summed E-state index contributed by atoms with van der Waals surface area (Å²) < 4.78 is 11.0. The van der Waals surface area contributed by atoms with E-state index in [9.17, 15) is 24.8 Å². The highest BCUT2D eigenvalue weighted by Crippen LogP contribution is 2.40. The normalized spacial score (nSPS) is 20.0. The number of benzene rings is 2. The number of ether oxygens (including phenoxy) is 2. The first-order valence-corrected chi connectivity index (χ1v) is 12.4. The van der Waals surface area contributed by atoms with Crippen LogP contribution in [0.1, 0.15) is 37.4 Å². The average molecular weight is 510 g/mol. The summed E-state index contributed by atoms with van der Waals surface area (Å²) in [7, 11) is 0. The molecule has 10 heteroatoms. The predicted molar refractivity (Wildman–Crippen MR) is 136 cm³/mol. The fourth-order valence-electron chi connectivity index (χ4n) is 4.67. The van der Waals surface area contributed by atoms with Gasteiger partial charge in [0.1, 0.15) is 11.5 Å². The van der Waals surface area contributed by atoms with Crippen molar-refractivity contribution >= 4 is 23.1 Å². The van der Waals surface area contributed by atoms with Gasteiger partial charge >= 0.3 is 0 Å². The number of carbonyl (C=O) groups is 2. The lowest BCUT2D eigenvalue weighted by molar-refractivity contribution is -0.384. The van der Waals surface area contributed by atoms with Gasteiger partial charge in [0.2, 0.25) is 0 Å². The molecule has 0 radical (unpaired) electrons. The molecular weight excluding hydrogens is 478 g/mol. The maximum atomic E-state index is 13.2. The SMILES string of the molecule is CC(C)Oc1ccc(/C(O)=C2\C(=O)C(=O)N(CCCN3CCOCC3)C2c2cccc([N+](=O)[O-])c2)cc1. The second kappa shape index (κ2) is 11.5. The molecule has 2 aromatic carbocycles. The van der Waals surface area contributed by atoms with Crippen LogP contribution in [0.3, 0.4) is 0 Å². The van der Waals surface area contributed by atoms with Crippen LogP contribution in [-0.4, -0.2) is 77.0 Å². The summed E-state index contributed by atoms with van der Waals surface area (Å²) in [5, 5.41) is 22.7. The van der Waals surface area contributed by atoms with E-state index in [0.717, 1.165) is 13.1 Å². The van der Waals surface area contributed by atoms with Crippen molar-refractivity contribution in [3.63, 3.8) is 0 Å². The Bertz CT molecular complexity index is 1190. The number of carbonyl (C=O) groups excluding carboxylic acids is 2. The van der Waals surface area contributed by atoms with Crippen LogP contribution in [0.15, 0.2) is 54.1 Å². The first-order chi connectivity index (χ1) is 17.8. The summed E-state index contributed by atoms with van der Waals surface area (Å²) in [6, 6.07) is 11.5. The van der Waals surface area contributed by atoms with Crippen LogP contribution in [0.4, 0.5) is 5.69 Å². The maximum absolute atomic E-state index is 13.2. The predicted octanol–water partition coefficient (Wildman–Crippen LogP) is 3.53. The van der Waals surface area contributed by atoms with E-state index in [4.69, 9.17) is 9.47 Å². The Balaban J connectivity index is 1.69. The molecule has 1 unspecified atom stereocenters. The molecule has 2 aromatic rings. The number of nitro groups is 1. The van der Waals surface area contributed by atoms with E-state index < -0.39 is 22.7 Å². The zero-order chi connectivity index (χ0) is 26.5.